The van der Waals surface area contributed by atoms with Gasteiger partial charge in [-0.25, -0.2) is 0 Å². The minimum atomic E-state index is -0.599. The molecule has 1 heterocycles. The minimum Gasteiger partial charge on any atom is -0.370 e. The average molecular weight is 1050 g/mol. The van der Waals surface area contributed by atoms with Gasteiger partial charge in [0.15, 0.2) is 0 Å². The van der Waals surface area contributed by atoms with Crippen LogP contribution in [0.1, 0.15) is 109 Å². The quantitative estimate of drug-likeness (QED) is 0.0511. The van der Waals surface area contributed by atoms with Gasteiger partial charge in [0.2, 0.25) is 47.3 Å². The summed E-state index contributed by atoms with van der Waals surface area (Å²) in [5, 5.41) is 29.1. The van der Waals surface area contributed by atoms with E-state index in [9.17, 15) is 38.4 Å². The zero-order valence-electron chi connectivity index (χ0n) is 44.9. The molecule has 1 aliphatic heterocycles. The Bertz CT molecular complexity index is 2780. The Morgan fingerprint density at radius 1 is 0.571 bits per heavy atom. The molecule has 3 saturated carbocycles. The SMILES string of the molecule is CC(=O)N[C@H]1CCC[C@@H]1C(=O)N[C@H](CC(=O)N[C@H]1CCC[C@@H]1C(=O)NC[C@H](CC(C)C)C(=O)N[C@H]1CNC[C@@H]1C(=O)N[C@H]1CCC[C@@H]1C(=O)N[C@H](CC(N)=O)Cc1cccc2ccccc12)Cc1ccc2ccccc2c1. The van der Waals surface area contributed by atoms with Gasteiger partial charge in [-0.1, -0.05) is 118 Å². The van der Waals surface area contributed by atoms with Crippen molar-refractivity contribution in [1.29, 1.82) is 0 Å². The van der Waals surface area contributed by atoms with Crippen LogP contribution in [0.25, 0.3) is 21.5 Å². The lowest BCUT2D eigenvalue weighted by molar-refractivity contribution is -0.130. The second-order valence-corrected chi connectivity index (χ2v) is 22.7. The molecule has 11 atom stereocenters. The Labute approximate surface area is 451 Å². The van der Waals surface area contributed by atoms with Gasteiger partial charge in [0.1, 0.15) is 0 Å². The van der Waals surface area contributed by atoms with Crippen molar-refractivity contribution in [2.24, 2.45) is 41.2 Å². The first kappa shape index (κ1) is 56.3. The van der Waals surface area contributed by atoms with E-state index in [1.54, 1.807) is 0 Å². The van der Waals surface area contributed by atoms with Gasteiger partial charge in [-0.2, -0.15) is 0 Å². The normalized spacial score (nSPS) is 24.2. The van der Waals surface area contributed by atoms with E-state index in [2.05, 4.69) is 48.6 Å². The molecule has 8 rings (SSSR count). The van der Waals surface area contributed by atoms with Gasteiger partial charge in [0.05, 0.1) is 35.6 Å². The number of rotatable bonds is 23. The summed E-state index contributed by atoms with van der Waals surface area (Å²) in [6.07, 6.45) is 7.27. The fourth-order valence-electron chi connectivity index (χ4n) is 12.6. The summed E-state index contributed by atoms with van der Waals surface area (Å²) in [6, 6.07) is 25.3. The van der Waals surface area contributed by atoms with Crippen molar-refractivity contribution in [3.05, 3.63) is 96.1 Å². The van der Waals surface area contributed by atoms with E-state index in [1.807, 2.05) is 92.7 Å². The highest BCUT2D eigenvalue weighted by Gasteiger charge is 2.41. The van der Waals surface area contributed by atoms with Crippen LogP contribution in [0, 0.1) is 35.5 Å². The Morgan fingerprint density at radius 3 is 1.83 bits per heavy atom. The molecule has 4 aromatic carbocycles. The summed E-state index contributed by atoms with van der Waals surface area (Å²) in [6.45, 7) is 6.25. The molecule has 17 heteroatoms. The molecule has 412 valence electrons. The second kappa shape index (κ2) is 26.4. The first-order valence-electron chi connectivity index (χ1n) is 28.1. The van der Waals surface area contributed by atoms with Crippen LogP contribution < -0.4 is 48.3 Å². The van der Waals surface area contributed by atoms with Gasteiger partial charge >= 0.3 is 0 Å². The van der Waals surface area contributed by atoms with Crippen molar-refractivity contribution in [3.8, 4) is 0 Å². The van der Waals surface area contributed by atoms with Gasteiger partial charge in [0.25, 0.3) is 0 Å². The van der Waals surface area contributed by atoms with E-state index in [0.29, 0.717) is 70.9 Å². The number of hydrogen-bond donors (Lipinski definition) is 9. The molecule has 0 aromatic heterocycles. The smallest absolute Gasteiger partial charge is 0.226 e. The van der Waals surface area contributed by atoms with Gasteiger partial charge in [-0.15, -0.1) is 0 Å². The molecule has 0 unspecified atom stereocenters. The Balaban J connectivity index is 0.843. The van der Waals surface area contributed by atoms with Gasteiger partial charge < -0.3 is 48.3 Å². The number of amides is 8. The summed E-state index contributed by atoms with van der Waals surface area (Å²) < 4.78 is 0. The number of carbonyl (C=O) groups is 8. The lowest BCUT2D eigenvalue weighted by Crippen LogP contribution is -2.53. The highest BCUT2D eigenvalue weighted by atomic mass is 16.2. The van der Waals surface area contributed by atoms with Crippen LogP contribution in [0.15, 0.2) is 84.9 Å². The number of primary amides is 1. The molecule has 4 aromatic rings. The van der Waals surface area contributed by atoms with Crippen molar-refractivity contribution in [2.45, 2.75) is 147 Å². The monoisotopic (exact) mass is 1050 g/mol. The third-order valence-corrected chi connectivity index (χ3v) is 16.4. The molecule has 8 amide bonds. The standard InChI is InChI=1S/C60H79N9O8/c1-35(2)26-42(56(73)69-53-34-62-33-49(53)60(77)68-52-23-11-20-48(52)59(76)66-44(30-54(61)71)29-41-16-8-15-39-13-6-7-17-45(39)41)32-63-57(74)46-18-9-22-51(46)67-55(72)31-43(28-37-24-25-38-12-4-5-14-40(38)27-37)65-58(75)47-19-10-21-50(47)64-36(3)70/h4-8,12-17,24-25,27,35,42-44,46-53,62H,9-11,18-23,26,28-34H2,1-3H3,(H2,61,71)(H,63,74)(H,64,70)(H,65,75)(H,66,76)(H,67,72)(H,68,77)(H,69,73)/t42-,43-,44-,46-,47-,48-,49-,50-,51-,52-,53-/m0/s1. The molecule has 1 saturated heterocycles. The minimum absolute atomic E-state index is 0.00478. The number of hydrogen-bond acceptors (Lipinski definition) is 9. The first-order valence-corrected chi connectivity index (χ1v) is 28.1. The topological polar surface area (TPSA) is 259 Å². The third kappa shape index (κ3) is 15.2. The summed E-state index contributed by atoms with van der Waals surface area (Å²) in [7, 11) is 0. The highest BCUT2D eigenvalue weighted by Crippen LogP contribution is 2.30. The fourth-order valence-corrected chi connectivity index (χ4v) is 12.6. The predicted molar refractivity (Wildman–Crippen MR) is 295 cm³/mol. The molecule has 0 bridgehead atoms. The van der Waals surface area contributed by atoms with Crippen molar-refractivity contribution >= 4 is 68.8 Å². The van der Waals surface area contributed by atoms with Gasteiger partial charge in [0, 0.05) is 69.6 Å². The van der Waals surface area contributed by atoms with Crippen LogP contribution in [0.4, 0.5) is 0 Å². The Kier molecular flexibility index (Phi) is 19.3. The number of benzene rings is 4. The van der Waals surface area contributed by atoms with E-state index in [0.717, 1.165) is 51.9 Å². The van der Waals surface area contributed by atoms with Crippen molar-refractivity contribution in [2.75, 3.05) is 19.6 Å². The number of nitrogens with one attached hydrogen (secondary N) is 8. The molecule has 3 aliphatic carbocycles. The summed E-state index contributed by atoms with van der Waals surface area (Å²) in [5.74, 6) is -4.68. The maximum absolute atomic E-state index is 14.1. The van der Waals surface area contributed by atoms with E-state index in [-0.39, 0.29) is 72.7 Å². The summed E-state index contributed by atoms with van der Waals surface area (Å²) >= 11 is 0. The van der Waals surface area contributed by atoms with E-state index < -0.39 is 65.7 Å². The van der Waals surface area contributed by atoms with Crippen molar-refractivity contribution in [1.82, 2.24) is 42.5 Å². The van der Waals surface area contributed by atoms with Crippen LogP contribution in [-0.2, 0) is 51.2 Å². The van der Waals surface area contributed by atoms with Crippen LogP contribution in [0.2, 0.25) is 0 Å². The highest BCUT2D eigenvalue weighted by molar-refractivity contribution is 5.89. The summed E-state index contributed by atoms with van der Waals surface area (Å²) in [5.41, 5.74) is 7.62. The van der Waals surface area contributed by atoms with Gasteiger partial charge in [-0.05, 0) is 96.4 Å². The van der Waals surface area contributed by atoms with Crippen LogP contribution in [-0.4, -0.2) is 103 Å². The maximum Gasteiger partial charge on any atom is 0.226 e. The predicted octanol–water partition coefficient (Wildman–Crippen LogP) is 4.37. The average Bonchev–Trinajstić information content (AvgIpc) is 4.25. The van der Waals surface area contributed by atoms with Crippen LogP contribution in [0.3, 0.4) is 0 Å². The van der Waals surface area contributed by atoms with E-state index >= 15 is 0 Å². The molecule has 4 fully saturated rings. The van der Waals surface area contributed by atoms with Crippen LogP contribution >= 0.6 is 0 Å². The largest absolute Gasteiger partial charge is 0.370 e. The molecular weight excluding hydrogens is 975 g/mol. The molecule has 4 aliphatic rings. The van der Waals surface area contributed by atoms with Gasteiger partial charge in [-0.3, -0.25) is 38.4 Å². The molecule has 0 radical (unpaired) electrons. The lowest BCUT2D eigenvalue weighted by atomic mass is 9.93. The third-order valence-electron chi connectivity index (χ3n) is 16.4. The molecule has 10 N–H and O–H groups in total. The van der Waals surface area contributed by atoms with Crippen LogP contribution in [0.5, 0.6) is 0 Å². The Morgan fingerprint density at radius 2 is 1.17 bits per heavy atom. The van der Waals surface area contributed by atoms with Crippen molar-refractivity contribution in [3.63, 3.8) is 0 Å². The molecule has 17 nitrogen and oxygen atoms in total. The lowest BCUT2D eigenvalue weighted by Gasteiger charge is -2.28. The molecular formula is C60H79N9O8. The van der Waals surface area contributed by atoms with E-state index in [4.69, 9.17) is 5.73 Å². The zero-order valence-corrected chi connectivity index (χ0v) is 44.9. The second-order valence-electron chi connectivity index (χ2n) is 22.7. The van der Waals surface area contributed by atoms with E-state index in [1.165, 1.54) is 6.92 Å². The number of carbonyl (C=O) groups excluding carboxylic acids is 8. The first-order chi connectivity index (χ1) is 37.1. The fraction of sp³-hybridized carbons (Fsp3) is 0.533. The van der Waals surface area contributed by atoms with Crippen molar-refractivity contribution < 1.29 is 38.4 Å². The molecule has 77 heavy (non-hydrogen) atoms. The zero-order chi connectivity index (χ0) is 54.6. The summed E-state index contributed by atoms with van der Waals surface area (Å²) in [4.78, 5) is 108. The Hall–Kier alpha value is -6.88. The molecule has 0 spiro atoms. The maximum atomic E-state index is 14.1. The number of nitrogens with two attached hydrogens (primary N) is 1. The number of fused-ring (bicyclic) bond motifs is 2.